The summed E-state index contributed by atoms with van der Waals surface area (Å²) in [6.07, 6.45) is 0.0853. The van der Waals surface area contributed by atoms with Gasteiger partial charge in [0.25, 0.3) is 5.69 Å². The van der Waals surface area contributed by atoms with Crippen LogP contribution < -0.4 is 10.1 Å². The molecule has 2 aromatic heterocycles. The van der Waals surface area contributed by atoms with Gasteiger partial charge in [0, 0.05) is 28.6 Å². The van der Waals surface area contributed by atoms with Crippen LogP contribution in [0.2, 0.25) is 5.02 Å². The van der Waals surface area contributed by atoms with E-state index in [1.165, 1.54) is 28.2 Å². The zero-order valence-corrected chi connectivity index (χ0v) is 19.0. The minimum absolute atomic E-state index is 0.0207. The highest BCUT2D eigenvalue weighted by Crippen LogP contribution is 2.21. The fourth-order valence-corrected chi connectivity index (χ4v) is 3.86. The Morgan fingerprint density at radius 2 is 1.94 bits per heavy atom. The van der Waals surface area contributed by atoms with Gasteiger partial charge in [-0.25, -0.2) is 9.67 Å². The highest BCUT2D eigenvalue weighted by atomic mass is 35.5. The van der Waals surface area contributed by atoms with E-state index in [4.69, 9.17) is 16.3 Å². The van der Waals surface area contributed by atoms with Crippen molar-refractivity contribution in [1.82, 2.24) is 14.8 Å². The summed E-state index contributed by atoms with van der Waals surface area (Å²) in [5, 5.41) is 21.3. The number of benzene rings is 2. The number of hydrogen-bond donors (Lipinski definition) is 1. The van der Waals surface area contributed by atoms with Crippen molar-refractivity contribution in [2.24, 2.45) is 0 Å². The number of non-ortho nitro benzene ring substituents is 1. The summed E-state index contributed by atoms with van der Waals surface area (Å²) in [5.74, 6) is 0.894. The van der Waals surface area contributed by atoms with Crippen molar-refractivity contribution in [2.45, 2.75) is 20.0 Å². The first kappa shape index (κ1) is 22.4. The van der Waals surface area contributed by atoms with Crippen LogP contribution in [0.5, 0.6) is 5.75 Å². The van der Waals surface area contributed by atoms with E-state index in [0.717, 1.165) is 5.01 Å². The van der Waals surface area contributed by atoms with E-state index in [1.54, 1.807) is 49.4 Å². The van der Waals surface area contributed by atoms with Gasteiger partial charge in [-0.05, 0) is 43.3 Å². The summed E-state index contributed by atoms with van der Waals surface area (Å²) >= 11 is 7.28. The molecule has 0 radical (unpaired) electrons. The van der Waals surface area contributed by atoms with Gasteiger partial charge < -0.3 is 10.1 Å². The van der Waals surface area contributed by atoms with Crippen molar-refractivity contribution >= 4 is 40.4 Å². The van der Waals surface area contributed by atoms with Crippen molar-refractivity contribution in [3.8, 4) is 11.4 Å². The molecule has 9 nitrogen and oxygen atoms in total. The number of nitrogens with one attached hydrogen (secondary N) is 1. The van der Waals surface area contributed by atoms with E-state index in [-0.39, 0.29) is 18.0 Å². The Kier molecular flexibility index (Phi) is 6.66. The maximum atomic E-state index is 12.6. The van der Waals surface area contributed by atoms with Gasteiger partial charge in [0.1, 0.15) is 23.2 Å². The fraction of sp³-hybridized carbons (Fsp3) is 0.136. The third-order valence-corrected chi connectivity index (χ3v) is 5.64. The van der Waals surface area contributed by atoms with Gasteiger partial charge in [0.15, 0.2) is 0 Å². The molecular formula is C22H18ClN5O4S. The number of rotatable bonds is 8. The molecule has 1 N–H and O–H groups in total. The number of nitrogens with zero attached hydrogens (tertiary/aromatic N) is 4. The molecule has 1 amide bonds. The number of aromatic nitrogens is 3. The Morgan fingerprint density at radius 1 is 1.21 bits per heavy atom. The monoisotopic (exact) mass is 483 g/mol. The van der Waals surface area contributed by atoms with Gasteiger partial charge in [0.2, 0.25) is 5.91 Å². The minimum atomic E-state index is -0.469. The highest BCUT2D eigenvalue weighted by Gasteiger charge is 2.14. The Bertz CT molecular complexity index is 1290. The van der Waals surface area contributed by atoms with Crippen molar-refractivity contribution < 1.29 is 14.5 Å². The van der Waals surface area contributed by atoms with Gasteiger partial charge in [-0.2, -0.15) is 5.10 Å². The van der Waals surface area contributed by atoms with E-state index in [1.807, 2.05) is 5.38 Å². The molecule has 168 valence electrons. The van der Waals surface area contributed by atoms with Crippen LogP contribution in [0.4, 0.5) is 11.5 Å². The Hall–Kier alpha value is -3.76. The lowest BCUT2D eigenvalue weighted by Crippen LogP contribution is -2.17. The molecule has 0 bridgehead atoms. The molecule has 0 saturated carbocycles. The number of hydrogen-bond acceptors (Lipinski definition) is 7. The van der Waals surface area contributed by atoms with Crippen LogP contribution in [0.3, 0.4) is 0 Å². The SMILES string of the molecule is Cc1cc(NC(=O)Cc2csc(COc3ccc(Cl)cc3)n2)n(-c2ccc([N+](=O)[O-])cc2)n1. The lowest BCUT2D eigenvalue weighted by Gasteiger charge is -2.08. The number of carbonyl (C=O) groups excluding carboxylic acids is 1. The van der Waals surface area contributed by atoms with Crippen LogP contribution >= 0.6 is 22.9 Å². The third-order valence-electron chi connectivity index (χ3n) is 4.52. The second-order valence-electron chi connectivity index (χ2n) is 7.06. The molecule has 0 spiro atoms. The topological polar surface area (TPSA) is 112 Å². The number of thiazole rings is 1. The molecule has 0 aliphatic heterocycles. The van der Waals surface area contributed by atoms with Crippen LogP contribution in [0.25, 0.3) is 5.69 Å². The number of halogens is 1. The number of aryl methyl sites for hydroxylation is 1. The van der Waals surface area contributed by atoms with Crippen molar-refractivity contribution in [3.05, 3.63) is 91.5 Å². The Labute approximate surface area is 197 Å². The first-order valence-electron chi connectivity index (χ1n) is 9.80. The van der Waals surface area contributed by atoms with Gasteiger partial charge >= 0.3 is 0 Å². The largest absolute Gasteiger partial charge is 0.486 e. The van der Waals surface area contributed by atoms with Crippen molar-refractivity contribution in [1.29, 1.82) is 0 Å². The second-order valence-corrected chi connectivity index (χ2v) is 8.44. The van der Waals surface area contributed by atoms with E-state index in [9.17, 15) is 14.9 Å². The van der Waals surface area contributed by atoms with E-state index < -0.39 is 4.92 Å². The number of nitro groups is 1. The molecule has 2 heterocycles. The zero-order chi connectivity index (χ0) is 23.4. The number of ether oxygens (including phenoxy) is 1. The Balaban J connectivity index is 1.38. The molecule has 0 aliphatic carbocycles. The van der Waals surface area contributed by atoms with Crippen LogP contribution in [-0.4, -0.2) is 25.6 Å². The standard InChI is InChI=1S/C22H18ClN5O4S/c1-14-10-20(27(26-14)17-4-6-18(7-5-17)28(30)31)25-21(29)11-16-13-33-22(24-16)12-32-19-8-2-15(23)3-9-19/h2-10,13H,11-12H2,1H3,(H,25,29). The van der Waals surface area contributed by atoms with Gasteiger partial charge in [0.05, 0.1) is 28.4 Å². The molecule has 33 heavy (non-hydrogen) atoms. The minimum Gasteiger partial charge on any atom is -0.486 e. The van der Waals surface area contributed by atoms with E-state index in [0.29, 0.717) is 40.3 Å². The van der Waals surface area contributed by atoms with Gasteiger partial charge in [-0.1, -0.05) is 11.6 Å². The van der Waals surface area contributed by atoms with Crippen molar-refractivity contribution in [2.75, 3.05) is 5.32 Å². The Morgan fingerprint density at radius 3 is 2.64 bits per heavy atom. The molecule has 0 atom stereocenters. The predicted molar refractivity (Wildman–Crippen MR) is 125 cm³/mol. The zero-order valence-electron chi connectivity index (χ0n) is 17.4. The predicted octanol–water partition coefficient (Wildman–Crippen LogP) is 4.96. The lowest BCUT2D eigenvalue weighted by molar-refractivity contribution is -0.384. The summed E-state index contributed by atoms with van der Waals surface area (Å²) in [4.78, 5) is 27.5. The molecule has 2 aromatic carbocycles. The molecular weight excluding hydrogens is 466 g/mol. The average molecular weight is 484 g/mol. The van der Waals surface area contributed by atoms with Crippen molar-refractivity contribution in [3.63, 3.8) is 0 Å². The molecule has 4 rings (SSSR count). The first-order chi connectivity index (χ1) is 15.9. The molecule has 0 fully saturated rings. The molecule has 0 unspecified atom stereocenters. The van der Waals surface area contributed by atoms with Crippen LogP contribution in [-0.2, 0) is 17.8 Å². The molecule has 4 aromatic rings. The fourth-order valence-electron chi connectivity index (χ4n) is 3.02. The van der Waals surface area contributed by atoms with Gasteiger partial charge in [-0.3, -0.25) is 14.9 Å². The molecule has 0 saturated heterocycles. The average Bonchev–Trinajstić information content (AvgIpc) is 3.39. The van der Waals surface area contributed by atoms with Crippen LogP contribution in [0.15, 0.2) is 60.0 Å². The quantitative estimate of drug-likeness (QED) is 0.280. The van der Waals surface area contributed by atoms with Crippen LogP contribution in [0.1, 0.15) is 16.4 Å². The van der Waals surface area contributed by atoms with Gasteiger partial charge in [-0.15, -0.1) is 11.3 Å². The van der Waals surface area contributed by atoms with E-state index >= 15 is 0 Å². The summed E-state index contributed by atoms with van der Waals surface area (Å²) in [6, 6.07) is 14.7. The smallest absolute Gasteiger partial charge is 0.269 e. The summed E-state index contributed by atoms with van der Waals surface area (Å²) in [6.45, 7) is 2.09. The number of carbonyl (C=O) groups is 1. The highest BCUT2D eigenvalue weighted by molar-refractivity contribution is 7.09. The number of anilines is 1. The van der Waals surface area contributed by atoms with E-state index in [2.05, 4.69) is 15.4 Å². The maximum absolute atomic E-state index is 12.6. The summed E-state index contributed by atoms with van der Waals surface area (Å²) < 4.78 is 7.22. The lowest BCUT2D eigenvalue weighted by atomic mass is 10.3. The summed E-state index contributed by atoms with van der Waals surface area (Å²) in [7, 11) is 0. The number of amides is 1. The second kappa shape index (κ2) is 9.80. The third kappa shape index (κ3) is 5.73. The number of nitro benzene ring substituents is 1. The van der Waals surface area contributed by atoms with Crippen LogP contribution in [0, 0.1) is 17.0 Å². The maximum Gasteiger partial charge on any atom is 0.269 e. The normalized spacial score (nSPS) is 10.7. The molecule has 0 aliphatic rings. The summed E-state index contributed by atoms with van der Waals surface area (Å²) in [5.41, 5.74) is 1.90. The first-order valence-corrected chi connectivity index (χ1v) is 11.1. The molecule has 11 heteroatoms.